The van der Waals surface area contributed by atoms with Gasteiger partial charge in [-0.15, -0.1) is 0 Å². The van der Waals surface area contributed by atoms with Crippen LogP contribution in [0.5, 0.6) is 11.5 Å². The highest BCUT2D eigenvalue weighted by atomic mass is 16.5. The first kappa shape index (κ1) is 26.1. The lowest BCUT2D eigenvalue weighted by molar-refractivity contribution is 0.131. The molecule has 0 fully saturated rings. The van der Waals surface area contributed by atoms with E-state index in [1.54, 1.807) is 6.07 Å². The van der Waals surface area contributed by atoms with Gasteiger partial charge in [-0.2, -0.15) is 0 Å². The molecule has 4 rings (SSSR count). The van der Waals surface area contributed by atoms with E-state index in [0.29, 0.717) is 49.6 Å². The van der Waals surface area contributed by atoms with Gasteiger partial charge in [-0.3, -0.25) is 0 Å². The Morgan fingerprint density at radius 1 is 1.05 bits per heavy atom. The molecule has 0 bridgehead atoms. The van der Waals surface area contributed by atoms with Gasteiger partial charge in [0.2, 0.25) is 6.08 Å². The maximum atomic E-state index is 10.4. The standard InChI is InChI=1S/C28H33N5O4/c1-2-3-7-25-32-26-27(33(25)17-20-16-21(35)9-11-24(20)36)22-10-8-19(15-23(22)31-28(26)29)6-4-13-37-14-5-12-30-18-34/h8-11,15-16,35-36H,2-7,12-14,17H2,1H3,(H2,29,31). The normalized spacial score (nSPS) is 11.3. The zero-order valence-electron chi connectivity index (χ0n) is 21.1. The number of phenolic OH excluding ortho intramolecular Hbond substituents is 2. The molecule has 194 valence electrons. The minimum Gasteiger partial charge on any atom is -0.508 e. The van der Waals surface area contributed by atoms with Gasteiger partial charge < -0.3 is 25.3 Å². The lowest BCUT2D eigenvalue weighted by Crippen LogP contribution is -2.06. The van der Waals surface area contributed by atoms with Crippen LogP contribution < -0.4 is 5.73 Å². The summed E-state index contributed by atoms with van der Waals surface area (Å²) in [6, 6.07) is 10.7. The largest absolute Gasteiger partial charge is 0.508 e. The molecule has 0 atom stereocenters. The van der Waals surface area contributed by atoms with E-state index in [9.17, 15) is 15.0 Å². The summed E-state index contributed by atoms with van der Waals surface area (Å²) in [6.45, 7) is 4.12. The number of pyridine rings is 1. The lowest BCUT2D eigenvalue weighted by Gasteiger charge is -2.13. The van der Waals surface area contributed by atoms with Gasteiger partial charge in [-0.25, -0.2) is 19.8 Å². The number of phenols is 2. The molecule has 0 aliphatic heterocycles. The first-order chi connectivity index (χ1) is 18.0. The third-order valence-electron chi connectivity index (χ3n) is 6.37. The van der Waals surface area contributed by atoms with Crippen molar-refractivity contribution >= 4 is 33.8 Å². The monoisotopic (exact) mass is 503 g/mol. The van der Waals surface area contributed by atoms with Gasteiger partial charge in [0, 0.05) is 30.6 Å². The molecule has 0 saturated carbocycles. The van der Waals surface area contributed by atoms with E-state index >= 15 is 0 Å². The van der Waals surface area contributed by atoms with E-state index in [4.69, 9.17) is 15.5 Å². The first-order valence-corrected chi connectivity index (χ1v) is 12.7. The Kier molecular flexibility index (Phi) is 8.72. The number of hydrogen-bond acceptors (Lipinski definition) is 8. The number of aliphatic imine (C=N–C) groups is 1. The molecule has 37 heavy (non-hydrogen) atoms. The van der Waals surface area contributed by atoms with Gasteiger partial charge in [0.15, 0.2) is 5.82 Å². The van der Waals surface area contributed by atoms with Crippen LogP contribution in [0.3, 0.4) is 0 Å². The van der Waals surface area contributed by atoms with E-state index in [1.807, 2.05) is 0 Å². The molecular formula is C28H33N5O4. The number of rotatable bonds is 13. The third kappa shape index (κ3) is 6.25. The Labute approximate surface area is 215 Å². The zero-order chi connectivity index (χ0) is 26.2. The first-order valence-electron chi connectivity index (χ1n) is 12.7. The van der Waals surface area contributed by atoms with Crippen molar-refractivity contribution in [2.24, 2.45) is 4.99 Å². The highest BCUT2D eigenvalue weighted by Gasteiger charge is 2.19. The predicted octanol–water partition coefficient (Wildman–Crippen LogP) is 4.64. The van der Waals surface area contributed by atoms with Crippen LogP contribution in [0, 0.1) is 0 Å². The summed E-state index contributed by atoms with van der Waals surface area (Å²) in [7, 11) is 0. The van der Waals surface area contributed by atoms with Crippen molar-refractivity contribution in [3.8, 4) is 11.5 Å². The molecule has 0 spiro atoms. The minimum absolute atomic E-state index is 0.0986. The lowest BCUT2D eigenvalue weighted by atomic mass is 10.1. The average Bonchev–Trinajstić information content (AvgIpc) is 3.25. The number of carbonyl (C=O) groups excluding carboxylic acids is 1. The molecular weight excluding hydrogens is 470 g/mol. The summed E-state index contributed by atoms with van der Waals surface area (Å²) in [5.74, 6) is 1.47. The number of isocyanates is 1. The smallest absolute Gasteiger partial charge is 0.234 e. The van der Waals surface area contributed by atoms with Crippen LogP contribution in [0.15, 0.2) is 41.4 Å². The molecule has 0 aliphatic carbocycles. The van der Waals surface area contributed by atoms with Crippen LogP contribution in [0.25, 0.3) is 21.9 Å². The maximum Gasteiger partial charge on any atom is 0.234 e. The highest BCUT2D eigenvalue weighted by molar-refractivity contribution is 6.06. The number of ether oxygens (including phenoxy) is 1. The molecule has 9 heteroatoms. The Morgan fingerprint density at radius 3 is 2.70 bits per heavy atom. The number of unbranched alkanes of at least 4 members (excludes halogenated alkanes) is 1. The highest BCUT2D eigenvalue weighted by Crippen LogP contribution is 2.32. The van der Waals surface area contributed by atoms with Gasteiger partial charge >= 0.3 is 0 Å². The average molecular weight is 504 g/mol. The number of aromatic nitrogens is 3. The van der Waals surface area contributed by atoms with Gasteiger partial charge in [-0.05, 0) is 55.5 Å². The molecule has 2 heterocycles. The van der Waals surface area contributed by atoms with Crippen molar-refractivity contribution < 1.29 is 19.7 Å². The van der Waals surface area contributed by atoms with Gasteiger partial charge in [0.05, 0.1) is 24.1 Å². The van der Waals surface area contributed by atoms with E-state index in [0.717, 1.165) is 59.9 Å². The van der Waals surface area contributed by atoms with E-state index < -0.39 is 0 Å². The van der Waals surface area contributed by atoms with Gasteiger partial charge in [0.25, 0.3) is 0 Å². The fraction of sp³-hybridized carbons (Fsp3) is 0.393. The fourth-order valence-corrected chi connectivity index (χ4v) is 4.50. The van der Waals surface area contributed by atoms with Gasteiger partial charge in [-0.1, -0.05) is 25.5 Å². The fourth-order valence-electron chi connectivity index (χ4n) is 4.50. The number of benzene rings is 2. The number of imidazole rings is 1. The van der Waals surface area contributed by atoms with E-state index in [2.05, 4.69) is 39.7 Å². The summed E-state index contributed by atoms with van der Waals surface area (Å²) in [5.41, 5.74) is 10.5. The quantitative estimate of drug-likeness (QED) is 0.105. The molecule has 0 amide bonds. The molecule has 4 aromatic rings. The van der Waals surface area contributed by atoms with E-state index in [1.165, 1.54) is 18.2 Å². The van der Waals surface area contributed by atoms with Crippen molar-refractivity contribution in [1.82, 2.24) is 14.5 Å². The van der Waals surface area contributed by atoms with Crippen LogP contribution >= 0.6 is 0 Å². The Balaban J connectivity index is 1.63. The summed E-state index contributed by atoms with van der Waals surface area (Å²) in [5, 5.41) is 21.4. The van der Waals surface area contributed by atoms with Crippen LogP contribution in [-0.4, -0.2) is 50.6 Å². The number of fused-ring (bicyclic) bond motifs is 3. The van der Waals surface area contributed by atoms with Crippen LogP contribution in [0.1, 0.15) is 49.6 Å². The molecule has 0 aliphatic rings. The number of nitrogen functional groups attached to an aromatic ring is 1. The van der Waals surface area contributed by atoms with E-state index in [-0.39, 0.29) is 11.5 Å². The minimum atomic E-state index is 0.0986. The number of aromatic hydroxyl groups is 2. The van der Waals surface area contributed by atoms with Crippen molar-refractivity contribution in [2.45, 2.75) is 52.0 Å². The molecule has 0 saturated heterocycles. The molecule has 0 radical (unpaired) electrons. The van der Waals surface area contributed by atoms with Crippen molar-refractivity contribution in [1.29, 1.82) is 0 Å². The molecule has 0 unspecified atom stereocenters. The SMILES string of the molecule is CCCCc1nc2c(N)nc3cc(CCCOCCCN=C=O)ccc3c2n1Cc1cc(O)ccc1O. The summed E-state index contributed by atoms with van der Waals surface area (Å²) in [4.78, 5) is 23.1. The Hall–Kier alpha value is -3.94. The molecule has 2 aromatic carbocycles. The molecule has 9 nitrogen and oxygen atoms in total. The number of nitrogens with two attached hydrogens (primary N) is 1. The Bertz CT molecular complexity index is 1430. The number of anilines is 1. The van der Waals surface area contributed by atoms with Crippen molar-refractivity contribution in [3.63, 3.8) is 0 Å². The summed E-state index contributed by atoms with van der Waals surface area (Å²) >= 11 is 0. The third-order valence-corrected chi connectivity index (χ3v) is 6.37. The topological polar surface area (TPSA) is 136 Å². The zero-order valence-corrected chi connectivity index (χ0v) is 21.1. The predicted molar refractivity (Wildman–Crippen MR) is 144 cm³/mol. The number of hydrogen-bond donors (Lipinski definition) is 3. The second-order valence-electron chi connectivity index (χ2n) is 9.12. The summed E-state index contributed by atoms with van der Waals surface area (Å²) < 4.78 is 7.70. The second kappa shape index (κ2) is 12.3. The van der Waals surface area contributed by atoms with Gasteiger partial charge in [0.1, 0.15) is 22.8 Å². The summed E-state index contributed by atoms with van der Waals surface area (Å²) in [6.07, 6.45) is 6.69. The number of nitrogens with zero attached hydrogens (tertiary/aromatic N) is 4. The van der Waals surface area contributed by atoms with Crippen LogP contribution in [0.2, 0.25) is 0 Å². The molecule has 4 N–H and O–H groups in total. The maximum absolute atomic E-state index is 10.4. The van der Waals surface area contributed by atoms with Crippen LogP contribution in [-0.2, 0) is 28.9 Å². The second-order valence-corrected chi connectivity index (χ2v) is 9.12. The number of aryl methyl sites for hydroxylation is 2. The van der Waals surface area contributed by atoms with Crippen molar-refractivity contribution in [3.05, 3.63) is 53.3 Å². The van der Waals surface area contributed by atoms with Crippen molar-refractivity contribution in [2.75, 3.05) is 25.5 Å². The van der Waals surface area contributed by atoms with Crippen LogP contribution in [0.4, 0.5) is 5.82 Å². The molecule has 2 aromatic heterocycles. The Morgan fingerprint density at radius 2 is 1.89 bits per heavy atom.